The minimum Gasteiger partial charge on any atom is -0.493 e. The molecule has 0 saturated heterocycles. The van der Waals surface area contributed by atoms with Gasteiger partial charge in [-0.25, -0.2) is 0 Å². The summed E-state index contributed by atoms with van der Waals surface area (Å²) in [5.41, 5.74) is 0.759. The molecule has 0 atom stereocenters. The van der Waals surface area contributed by atoms with Crippen molar-refractivity contribution in [2.75, 3.05) is 12.4 Å². The molecular weight excluding hydrogens is 363 g/mol. The molecule has 1 aliphatic rings. The lowest BCUT2D eigenvalue weighted by atomic mass is 10.2. The third-order valence-electron chi connectivity index (χ3n) is 4.10. The maximum absolute atomic E-state index is 12.5. The fourth-order valence-electron chi connectivity index (χ4n) is 2.85. The molecule has 0 spiro atoms. The summed E-state index contributed by atoms with van der Waals surface area (Å²) in [6.07, 6.45) is 7.34. The maximum Gasteiger partial charge on any atom is 0.258 e. The molecule has 1 saturated carbocycles. The van der Waals surface area contributed by atoms with E-state index in [9.17, 15) is 4.79 Å². The van der Waals surface area contributed by atoms with Crippen molar-refractivity contribution in [3.05, 3.63) is 46.2 Å². The predicted molar refractivity (Wildman–Crippen MR) is 98.1 cm³/mol. The van der Waals surface area contributed by atoms with Gasteiger partial charge in [-0.2, -0.15) is 0 Å². The van der Waals surface area contributed by atoms with Crippen LogP contribution in [0.25, 0.3) is 0 Å². The van der Waals surface area contributed by atoms with Crippen LogP contribution in [0.1, 0.15) is 36.0 Å². The van der Waals surface area contributed by atoms with E-state index in [1.807, 2.05) is 0 Å². The normalized spacial score (nSPS) is 14.4. The van der Waals surface area contributed by atoms with Crippen LogP contribution in [-0.4, -0.2) is 24.1 Å². The highest BCUT2D eigenvalue weighted by Crippen LogP contribution is 2.34. The Labute approximate surface area is 156 Å². The van der Waals surface area contributed by atoms with Gasteiger partial charge in [-0.3, -0.25) is 9.78 Å². The highest BCUT2D eigenvalue weighted by atomic mass is 35.5. The van der Waals surface area contributed by atoms with E-state index in [4.69, 9.17) is 32.7 Å². The van der Waals surface area contributed by atoms with Crippen molar-refractivity contribution >= 4 is 34.8 Å². The van der Waals surface area contributed by atoms with Crippen molar-refractivity contribution in [2.45, 2.75) is 31.8 Å². The van der Waals surface area contributed by atoms with E-state index in [1.165, 1.54) is 25.2 Å². The quantitative estimate of drug-likeness (QED) is 0.794. The van der Waals surface area contributed by atoms with Crippen LogP contribution in [0.3, 0.4) is 0 Å². The Morgan fingerprint density at radius 1 is 1.16 bits per heavy atom. The van der Waals surface area contributed by atoms with Crippen LogP contribution < -0.4 is 14.8 Å². The number of hydrogen-bond donors (Lipinski definition) is 1. The second kappa shape index (κ2) is 7.93. The van der Waals surface area contributed by atoms with Gasteiger partial charge >= 0.3 is 0 Å². The summed E-state index contributed by atoms with van der Waals surface area (Å²) in [4.78, 5) is 16.3. The number of pyridine rings is 1. The first-order valence-electron chi connectivity index (χ1n) is 8.03. The van der Waals surface area contributed by atoms with Crippen molar-refractivity contribution in [2.24, 2.45) is 0 Å². The number of carbonyl (C=O) groups is 1. The molecule has 1 aromatic heterocycles. The summed E-state index contributed by atoms with van der Waals surface area (Å²) in [5.74, 6) is 0.832. The summed E-state index contributed by atoms with van der Waals surface area (Å²) in [6.45, 7) is 0. The van der Waals surface area contributed by atoms with E-state index in [0.717, 1.165) is 12.8 Å². The zero-order chi connectivity index (χ0) is 17.8. The Morgan fingerprint density at radius 3 is 2.48 bits per heavy atom. The minimum atomic E-state index is -0.408. The first kappa shape index (κ1) is 17.8. The van der Waals surface area contributed by atoms with Gasteiger partial charge in [0.15, 0.2) is 11.5 Å². The smallest absolute Gasteiger partial charge is 0.258 e. The second-order valence-corrected chi connectivity index (χ2v) is 6.64. The maximum atomic E-state index is 12.5. The fourth-order valence-corrected chi connectivity index (χ4v) is 3.39. The van der Waals surface area contributed by atoms with Crippen LogP contribution in [-0.2, 0) is 0 Å². The van der Waals surface area contributed by atoms with Gasteiger partial charge < -0.3 is 14.8 Å². The van der Waals surface area contributed by atoms with Crippen LogP contribution >= 0.6 is 23.2 Å². The average Bonchev–Trinajstić information content (AvgIpc) is 3.08. The van der Waals surface area contributed by atoms with Gasteiger partial charge in [-0.15, -0.1) is 0 Å². The van der Waals surface area contributed by atoms with Gasteiger partial charge in [0.05, 0.1) is 28.8 Å². The van der Waals surface area contributed by atoms with E-state index >= 15 is 0 Å². The molecule has 1 N–H and O–H groups in total. The predicted octanol–water partition coefficient (Wildman–Crippen LogP) is 4.97. The summed E-state index contributed by atoms with van der Waals surface area (Å²) >= 11 is 12.1. The molecule has 132 valence electrons. The van der Waals surface area contributed by atoms with E-state index < -0.39 is 5.91 Å². The zero-order valence-electron chi connectivity index (χ0n) is 13.7. The van der Waals surface area contributed by atoms with Crippen LogP contribution in [0.2, 0.25) is 10.0 Å². The molecule has 1 fully saturated rings. The van der Waals surface area contributed by atoms with Gasteiger partial charge in [0.2, 0.25) is 0 Å². The van der Waals surface area contributed by atoms with Crippen molar-refractivity contribution in [1.82, 2.24) is 4.98 Å². The number of carbonyl (C=O) groups excluding carboxylic acids is 1. The van der Waals surface area contributed by atoms with Crippen LogP contribution in [0.15, 0.2) is 30.6 Å². The second-order valence-electron chi connectivity index (χ2n) is 5.82. The molecule has 0 unspecified atom stereocenters. The Kier molecular flexibility index (Phi) is 5.66. The third-order valence-corrected chi connectivity index (χ3v) is 4.67. The zero-order valence-corrected chi connectivity index (χ0v) is 15.2. The molecule has 0 aliphatic heterocycles. The first-order chi connectivity index (χ1) is 12.1. The van der Waals surface area contributed by atoms with E-state index in [1.54, 1.807) is 25.3 Å². The number of aromatic nitrogens is 1. The Morgan fingerprint density at radius 2 is 1.84 bits per heavy atom. The molecule has 0 radical (unpaired) electrons. The van der Waals surface area contributed by atoms with Crippen molar-refractivity contribution < 1.29 is 14.3 Å². The molecule has 5 nitrogen and oxygen atoms in total. The molecule has 2 aromatic rings. The highest BCUT2D eigenvalue weighted by molar-refractivity contribution is 6.40. The number of methoxy groups -OCH3 is 1. The van der Waals surface area contributed by atoms with E-state index in [-0.39, 0.29) is 21.7 Å². The Balaban J connectivity index is 1.81. The molecule has 1 aromatic carbocycles. The number of halogens is 2. The number of nitrogens with one attached hydrogen (secondary N) is 1. The van der Waals surface area contributed by atoms with Crippen LogP contribution in [0.5, 0.6) is 11.5 Å². The minimum absolute atomic E-state index is 0.184. The molecule has 3 rings (SSSR count). The molecule has 1 aliphatic carbocycles. The Hall–Kier alpha value is -1.98. The lowest BCUT2D eigenvalue weighted by molar-refractivity contribution is 0.102. The largest absolute Gasteiger partial charge is 0.493 e. The highest BCUT2D eigenvalue weighted by Gasteiger charge is 2.20. The van der Waals surface area contributed by atoms with Gasteiger partial charge in [0, 0.05) is 24.1 Å². The number of hydrogen-bond acceptors (Lipinski definition) is 4. The number of amides is 1. The molecule has 1 amide bonds. The lowest BCUT2D eigenvalue weighted by Crippen LogP contribution is -2.15. The number of nitrogens with zero attached hydrogens (tertiary/aromatic N) is 1. The molecule has 1 heterocycles. The summed E-state index contributed by atoms with van der Waals surface area (Å²) in [5, 5.41) is 3.18. The molecular formula is C18H18Cl2N2O3. The van der Waals surface area contributed by atoms with Gasteiger partial charge in [-0.05, 0) is 37.8 Å². The van der Waals surface area contributed by atoms with Gasteiger partial charge in [0.1, 0.15) is 0 Å². The van der Waals surface area contributed by atoms with Crippen molar-refractivity contribution in [3.8, 4) is 11.5 Å². The van der Waals surface area contributed by atoms with Crippen LogP contribution in [0.4, 0.5) is 5.69 Å². The van der Waals surface area contributed by atoms with Gasteiger partial charge in [0.25, 0.3) is 5.91 Å². The molecule has 0 bridgehead atoms. The number of rotatable bonds is 5. The average molecular weight is 381 g/mol. The number of anilines is 1. The van der Waals surface area contributed by atoms with E-state index in [0.29, 0.717) is 17.2 Å². The SMILES string of the molecule is COc1ccc(NC(=O)c2c(Cl)cncc2Cl)cc1OC1CCCC1. The van der Waals surface area contributed by atoms with Gasteiger partial charge in [-0.1, -0.05) is 23.2 Å². The number of ether oxygens (including phenoxy) is 2. The standard InChI is InChI=1S/C18H18Cl2N2O3/c1-24-15-7-6-11(8-16(15)25-12-4-2-3-5-12)22-18(23)17-13(19)9-21-10-14(17)20/h6-10,12H,2-5H2,1H3,(H,22,23). The summed E-state index contributed by atoms with van der Waals surface area (Å²) in [6, 6.07) is 5.24. The first-order valence-corrected chi connectivity index (χ1v) is 8.79. The lowest BCUT2D eigenvalue weighted by Gasteiger charge is -2.17. The van der Waals surface area contributed by atoms with E-state index in [2.05, 4.69) is 10.3 Å². The van der Waals surface area contributed by atoms with Crippen LogP contribution in [0, 0.1) is 0 Å². The van der Waals surface area contributed by atoms with Crippen molar-refractivity contribution in [3.63, 3.8) is 0 Å². The molecule has 25 heavy (non-hydrogen) atoms. The molecule has 7 heteroatoms. The summed E-state index contributed by atoms with van der Waals surface area (Å²) < 4.78 is 11.4. The monoisotopic (exact) mass is 380 g/mol. The van der Waals surface area contributed by atoms with Crippen molar-refractivity contribution in [1.29, 1.82) is 0 Å². The number of benzene rings is 1. The summed E-state index contributed by atoms with van der Waals surface area (Å²) in [7, 11) is 1.59. The topological polar surface area (TPSA) is 60.5 Å². The third kappa shape index (κ3) is 4.17. The fraction of sp³-hybridized carbons (Fsp3) is 0.333. The Bertz CT molecular complexity index is 757.